The Morgan fingerprint density at radius 1 is 1.30 bits per heavy atom. The van der Waals surface area contributed by atoms with Gasteiger partial charge in [0.15, 0.2) is 0 Å². The molecule has 4 heteroatoms. The number of benzene rings is 1. The lowest BCUT2D eigenvalue weighted by Crippen LogP contribution is -2.44. The van der Waals surface area contributed by atoms with Gasteiger partial charge in [-0.1, -0.05) is 25.0 Å². The highest BCUT2D eigenvalue weighted by atomic mass is 16.1. The molecule has 0 saturated heterocycles. The number of nitrogens with two attached hydrogens (primary N) is 1. The SMILES string of the molecule is NCC1CCCCC1NC(=O)c1cccc2cc[nH]c12. The second kappa shape index (κ2) is 5.67. The van der Waals surface area contributed by atoms with Crippen molar-refractivity contribution in [2.75, 3.05) is 6.54 Å². The van der Waals surface area contributed by atoms with E-state index in [1.807, 2.05) is 30.5 Å². The van der Waals surface area contributed by atoms with Crippen molar-refractivity contribution in [3.05, 3.63) is 36.0 Å². The van der Waals surface area contributed by atoms with E-state index in [0.29, 0.717) is 18.0 Å². The van der Waals surface area contributed by atoms with Crippen LogP contribution in [0.15, 0.2) is 30.5 Å². The van der Waals surface area contributed by atoms with Crippen molar-refractivity contribution in [1.29, 1.82) is 0 Å². The number of rotatable bonds is 3. The smallest absolute Gasteiger partial charge is 0.253 e. The van der Waals surface area contributed by atoms with E-state index in [-0.39, 0.29) is 11.9 Å². The zero-order chi connectivity index (χ0) is 13.9. The van der Waals surface area contributed by atoms with E-state index in [0.717, 1.165) is 23.7 Å². The van der Waals surface area contributed by atoms with Crippen LogP contribution in [-0.4, -0.2) is 23.5 Å². The van der Waals surface area contributed by atoms with Crippen LogP contribution in [0, 0.1) is 5.92 Å². The van der Waals surface area contributed by atoms with Crippen LogP contribution in [-0.2, 0) is 0 Å². The first-order chi connectivity index (χ1) is 9.79. The molecule has 1 heterocycles. The highest BCUT2D eigenvalue weighted by Gasteiger charge is 2.26. The summed E-state index contributed by atoms with van der Waals surface area (Å²) in [5, 5.41) is 4.25. The van der Waals surface area contributed by atoms with Crippen LogP contribution in [0.5, 0.6) is 0 Å². The first-order valence-corrected chi connectivity index (χ1v) is 7.36. The Labute approximate surface area is 118 Å². The highest BCUT2D eigenvalue weighted by molar-refractivity contribution is 6.05. The molecule has 0 aliphatic heterocycles. The van der Waals surface area contributed by atoms with Gasteiger partial charge in [0.25, 0.3) is 5.91 Å². The number of H-pyrrole nitrogens is 1. The van der Waals surface area contributed by atoms with Gasteiger partial charge in [-0.2, -0.15) is 0 Å². The normalized spacial score (nSPS) is 22.9. The van der Waals surface area contributed by atoms with Gasteiger partial charge >= 0.3 is 0 Å². The number of fused-ring (bicyclic) bond motifs is 1. The number of carbonyl (C=O) groups is 1. The van der Waals surface area contributed by atoms with Gasteiger partial charge in [-0.15, -0.1) is 0 Å². The topological polar surface area (TPSA) is 70.9 Å². The minimum absolute atomic E-state index is 0.00315. The minimum atomic E-state index is 0.00315. The van der Waals surface area contributed by atoms with Crippen LogP contribution in [0.2, 0.25) is 0 Å². The van der Waals surface area contributed by atoms with Crippen molar-refractivity contribution in [2.24, 2.45) is 11.7 Å². The molecule has 1 aliphatic rings. The Hall–Kier alpha value is -1.81. The van der Waals surface area contributed by atoms with E-state index in [2.05, 4.69) is 10.3 Å². The summed E-state index contributed by atoms with van der Waals surface area (Å²) in [4.78, 5) is 15.7. The van der Waals surface area contributed by atoms with Gasteiger partial charge in [0.1, 0.15) is 0 Å². The van der Waals surface area contributed by atoms with Crippen molar-refractivity contribution >= 4 is 16.8 Å². The van der Waals surface area contributed by atoms with Gasteiger partial charge in [-0.3, -0.25) is 4.79 Å². The molecule has 20 heavy (non-hydrogen) atoms. The average Bonchev–Trinajstić information content (AvgIpc) is 2.96. The monoisotopic (exact) mass is 271 g/mol. The lowest BCUT2D eigenvalue weighted by Gasteiger charge is -2.31. The van der Waals surface area contributed by atoms with Gasteiger partial charge < -0.3 is 16.0 Å². The Morgan fingerprint density at radius 2 is 2.15 bits per heavy atom. The molecule has 2 aromatic rings. The predicted molar refractivity (Wildman–Crippen MR) is 80.6 cm³/mol. The molecular weight excluding hydrogens is 250 g/mol. The average molecular weight is 271 g/mol. The van der Waals surface area contributed by atoms with Crippen molar-refractivity contribution in [1.82, 2.24) is 10.3 Å². The number of amides is 1. The number of aromatic amines is 1. The third kappa shape index (κ3) is 2.43. The molecule has 1 amide bonds. The standard InChI is InChI=1S/C16H21N3O/c17-10-12-4-1-2-7-14(12)19-16(20)13-6-3-5-11-8-9-18-15(11)13/h3,5-6,8-9,12,14,18H,1-2,4,7,10,17H2,(H,19,20). The van der Waals surface area contributed by atoms with Crippen LogP contribution >= 0.6 is 0 Å². The molecule has 4 N–H and O–H groups in total. The number of para-hydroxylation sites is 1. The fourth-order valence-electron chi connectivity index (χ4n) is 3.20. The lowest BCUT2D eigenvalue weighted by atomic mass is 9.84. The quantitative estimate of drug-likeness (QED) is 0.802. The number of hydrogen-bond acceptors (Lipinski definition) is 2. The summed E-state index contributed by atoms with van der Waals surface area (Å²) >= 11 is 0. The summed E-state index contributed by atoms with van der Waals surface area (Å²) in [6.45, 7) is 0.650. The van der Waals surface area contributed by atoms with E-state index >= 15 is 0 Å². The third-order valence-electron chi connectivity index (χ3n) is 4.36. The number of aromatic nitrogens is 1. The van der Waals surface area contributed by atoms with Gasteiger partial charge in [0.2, 0.25) is 0 Å². The summed E-state index contributed by atoms with van der Waals surface area (Å²) in [5.41, 5.74) is 7.45. The third-order valence-corrected chi connectivity index (χ3v) is 4.36. The first-order valence-electron chi connectivity index (χ1n) is 7.36. The molecule has 1 fully saturated rings. The van der Waals surface area contributed by atoms with E-state index in [9.17, 15) is 4.79 Å². The van der Waals surface area contributed by atoms with Gasteiger partial charge in [-0.25, -0.2) is 0 Å². The first kappa shape index (κ1) is 13.2. The van der Waals surface area contributed by atoms with E-state index in [1.54, 1.807) is 0 Å². The molecule has 2 atom stereocenters. The lowest BCUT2D eigenvalue weighted by molar-refractivity contribution is 0.0909. The van der Waals surface area contributed by atoms with E-state index in [1.165, 1.54) is 12.8 Å². The number of hydrogen-bond donors (Lipinski definition) is 3. The molecule has 0 radical (unpaired) electrons. The van der Waals surface area contributed by atoms with E-state index < -0.39 is 0 Å². The molecule has 1 saturated carbocycles. The Bertz CT molecular complexity index is 605. The van der Waals surface area contributed by atoms with Gasteiger partial charge in [0.05, 0.1) is 11.1 Å². The maximum atomic E-state index is 12.5. The van der Waals surface area contributed by atoms with Crippen molar-refractivity contribution in [2.45, 2.75) is 31.7 Å². The summed E-state index contributed by atoms with van der Waals surface area (Å²) in [6, 6.07) is 7.99. The molecule has 1 aromatic heterocycles. The second-order valence-corrected chi connectivity index (χ2v) is 5.61. The van der Waals surface area contributed by atoms with Crippen molar-refractivity contribution < 1.29 is 4.79 Å². The minimum Gasteiger partial charge on any atom is -0.361 e. The van der Waals surface area contributed by atoms with Crippen LogP contribution in [0.4, 0.5) is 0 Å². The van der Waals surface area contributed by atoms with Gasteiger partial charge in [-0.05, 0) is 37.4 Å². The van der Waals surface area contributed by atoms with Crippen molar-refractivity contribution in [3.8, 4) is 0 Å². The molecule has 1 aromatic carbocycles. The molecule has 0 spiro atoms. The molecule has 106 valence electrons. The molecule has 1 aliphatic carbocycles. The van der Waals surface area contributed by atoms with Crippen LogP contribution in [0.1, 0.15) is 36.0 Å². The number of carbonyl (C=O) groups excluding carboxylic acids is 1. The Balaban J connectivity index is 1.80. The second-order valence-electron chi connectivity index (χ2n) is 5.61. The summed E-state index contributed by atoms with van der Waals surface area (Å²) in [6.07, 6.45) is 6.42. The summed E-state index contributed by atoms with van der Waals surface area (Å²) < 4.78 is 0. The maximum Gasteiger partial charge on any atom is 0.253 e. The zero-order valence-corrected chi connectivity index (χ0v) is 11.6. The molecule has 4 nitrogen and oxygen atoms in total. The summed E-state index contributed by atoms with van der Waals surface area (Å²) in [5.74, 6) is 0.416. The van der Waals surface area contributed by atoms with Crippen LogP contribution in [0.25, 0.3) is 10.9 Å². The molecule has 0 bridgehead atoms. The Kier molecular flexibility index (Phi) is 3.74. The largest absolute Gasteiger partial charge is 0.361 e. The number of nitrogens with one attached hydrogen (secondary N) is 2. The zero-order valence-electron chi connectivity index (χ0n) is 11.6. The highest BCUT2D eigenvalue weighted by Crippen LogP contribution is 2.24. The van der Waals surface area contributed by atoms with E-state index in [4.69, 9.17) is 5.73 Å². The van der Waals surface area contributed by atoms with Gasteiger partial charge in [0, 0.05) is 17.6 Å². The van der Waals surface area contributed by atoms with Crippen molar-refractivity contribution in [3.63, 3.8) is 0 Å². The molecular formula is C16H21N3O. The molecule has 3 rings (SSSR count). The van der Waals surface area contributed by atoms with Crippen LogP contribution in [0.3, 0.4) is 0 Å². The van der Waals surface area contributed by atoms with Crippen LogP contribution < -0.4 is 11.1 Å². The fraction of sp³-hybridized carbons (Fsp3) is 0.438. The predicted octanol–water partition coefficient (Wildman–Crippen LogP) is 2.42. The Morgan fingerprint density at radius 3 is 3.00 bits per heavy atom. The fourth-order valence-corrected chi connectivity index (χ4v) is 3.20. The maximum absolute atomic E-state index is 12.5. The molecule has 2 unspecified atom stereocenters. The summed E-state index contributed by atoms with van der Waals surface area (Å²) in [7, 11) is 0.